The second-order valence-electron chi connectivity index (χ2n) is 4.50. The first-order valence-corrected chi connectivity index (χ1v) is 5.43. The average molecular weight is 168 g/mol. The third kappa shape index (κ3) is 2.01. The summed E-state index contributed by atoms with van der Waals surface area (Å²) in [5.74, 6) is 2.00. The molecular formula is C11H20O. The molecule has 0 amide bonds. The van der Waals surface area contributed by atoms with E-state index < -0.39 is 0 Å². The number of hydrogen-bond donors (Lipinski definition) is 0. The summed E-state index contributed by atoms with van der Waals surface area (Å²) in [5, 5.41) is 0. The Morgan fingerprint density at radius 2 is 1.92 bits per heavy atom. The van der Waals surface area contributed by atoms with Gasteiger partial charge in [0.25, 0.3) is 0 Å². The molecule has 0 saturated heterocycles. The van der Waals surface area contributed by atoms with E-state index in [-0.39, 0.29) is 0 Å². The van der Waals surface area contributed by atoms with Crippen molar-refractivity contribution in [2.75, 3.05) is 7.11 Å². The molecule has 0 spiro atoms. The van der Waals surface area contributed by atoms with Gasteiger partial charge in [0.2, 0.25) is 0 Å². The van der Waals surface area contributed by atoms with Crippen LogP contribution in [-0.4, -0.2) is 13.2 Å². The summed E-state index contributed by atoms with van der Waals surface area (Å²) in [6.45, 7) is 0. The Labute approximate surface area is 75.5 Å². The number of rotatable bonds is 4. The van der Waals surface area contributed by atoms with Crippen molar-refractivity contribution in [1.29, 1.82) is 0 Å². The molecule has 0 heterocycles. The molecular weight excluding hydrogens is 148 g/mol. The molecule has 0 bridgehead atoms. The van der Waals surface area contributed by atoms with Gasteiger partial charge in [0.1, 0.15) is 0 Å². The van der Waals surface area contributed by atoms with Crippen molar-refractivity contribution in [1.82, 2.24) is 0 Å². The maximum atomic E-state index is 5.29. The summed E-state index contributed by atoms with van der Waals surface area (Å²) < 4.78 is 5.29. The third-order valence-corrected chi connectivity index (χ3v) is 3.58. The van der Waals surface area contributed by atoms with Crippen molar-refractivity contribution >= 4 is 0 Å². The first kappa shape index (κ1) is 8.55. The highest BCUT2D eigenvalue weighted by atomic mass is 16.5. The molecule has 2 unspecified atom stereocenters. The molecule has 2 atom stereocenters. The minimum Gasteiger partial charge on any atom is -0.381 e. The summed E-state index contributed by atoms with van der Waals surface area (Å²) >= 11 is 0. The standard InChI is InChI=1S/C11H20O/c1-12-11-8-10(11)7-6-9-4-2-3-5-9/h9-11H,2-8H2,1H3. The summed E-state index contributed by atoms with van der Waals surface area (Å²) in [6.07, 6.45) is 10.9. The van der Waals surface area contributed by atoms with E-state index in [4.69, 9.17) is 4.74 Å². The molecule has 12 heavy (non-hydrogen) atoms. The molecule has 0 radical (unpaired) electrons. The first-order valence-electron chi connectivity index (χ1n) is 5.43. The zero-order chi connectivity index (χ0) is 8.39. The largest absolute Gasteiger partial charge is 0.381 e. The van der Waals surface area contributed by atoms with E-state index in [1.54, 1.807) is 0 Å². The van der Waals surface area contributed by atoms with Gasteiger partial charge < -0.3 is 4.74 Å². The van der Waals surface area contributed by atoms with Crippen molar-refractivity contribution in [3.8, 4) is 0 Å². The highest BCUT2D eigenvalue weighted by molar-refractivity contribution is 4.87. The van der Waals surface area contributed by atoms with E-state index in [1.807, 2.05) is 7.11 Å². The fraction of sp³-hybridized carbons (Fsp3) is 1.00. The van der Waals surface area contributed by atoms with Crippen LogP contribution in [0.3, 0.4) is 0 Å². The van der Waals surface area contributed by atoms with Gasteiger partial charge in [-0.25, -0.2) is 0 Å². The zero-order valence-corrected chi connectivity index (χ0v) is 8.09. The molecule has 2 fully saturated rings. The summed E-state index contributed by atoms with van der Waals surface area (Å²) in [7, 11) is 1.85. The van der Waals surface area contributed by atoms with Gasteiger partial charge in [-0.15, -0.1) is 0 Å². The van der Waals surface area contributed by atoms with Crippen molar-refractivity contribution in [3.05, 3.63) is 0 Å². The van der Waals surface area contributed by atoms with E-state index in [2.05, 4.69) is 0 Å². The normalized spacial score (nSPS) is 35.8. The van der Waals surface area contributed by atoms with Crippen LogP contribution in [0.2, 0.25) is 0 Å². The monoisotopic (exact) mass is 168 g/mol. The molecule has 1 nitrogen and oxygen atoms in total. The maximum absolute atomic E-state index is 5.29. The van der Waals surface area contributed by atoms with Crippen molar-refractivity contribution in [3.63, 3.8) is 0 Å². The Kier molecular flexibility index (Phi) is 2.69. The summed E-state index contributed by atoms with van der Waals surface area (Å²) in [5.41, 5.74) is 0. The Bertz CT molecular complexity index is 138. The minimum absolute atomic E-state index is 0.631. The Balaban J connectivity index is 1.57. The highest BCUT2D eigenvalue weighted by Crippen LogP contribution is 2.40. The summed E-state index contributed by atoms with van der Waals surface area (Å²) in [4.78, 5) is 0. The van der Waals surface area contributed by atoms with Gasteiger partial charge >= 0.3 is 0 Å². The van der Waals surface area contributed by atoms with Gasteiger partial charge in [-0.1, -0.05) is 32.1 Å². The van der Waals surface area contributed by atoms with Gasteiger partial charge in [0.15, 0.2) is 0 Å². The number of hydrogen-bond acceptors (Lipinski definition) is 1. The van der Waals surface area contributed by atoms with E-state index in [0.717, 1.165) is 11.8 Å². The van der Waals surface area contributed by atoms with Crippen molar-refractivity contribution in [2.24, 2.45) is 11.8 Å². The van der Waals surface area contributed by atoms with Crippen LogP contribution in [0, 0.1) is 11.8 Å². The molecule has 2 aliphatic carbocycles. The second kappa shape index (κ2) is 3.78. The van der Waals surface area contributed by atoms with Crippen LogP contribution in [0.25, 0.3) is 0 Å². The van der Waals surface area contributed by atoms with Crippen LogP contribution in [0.15, 0.2) is 0 Å². The topological polar surface area (TPSA) is 9.23 Å². The molecule has 70 valence electrons. The van der Waals surface area contributed by atoms with E-state index in [1.165, 1.54) is 44.9 Å². The van der Waals surface area contributed by atoms with E-state index >= 15 is 0 Å². The molecule has 0 N–H and O–H groups in total. The third-order valence-electron chi connectivity index (χ3n) is 3.58. The molecule has 2 rings (SSSR count). The first-order chi connectivity index (χ1) is 5.90. The molecule has 0 aromatic heterocycles. The van der Waals surface area contributed by atoms with E-state index in [0.29, 0.717) is 6.10 Å². The lowest BCUT2D eigenvalue weighted by Gasteiger charge is -2.07. The van der Waals surface area contributed by atoms with Crippen LogP contribution in [-0.2, 0) is 4.74 Å². The Morgan fingerprint density at radius 1 is 1.17 bits per heavy atom. The van der Waals surface area contributed by atoms with Crippen LogP contribution < -0.4 is 0 Å². The smallest absolute Gasteiger partial charge is 0.0604 e. The lowest BCUT2D eigenvalue weighted by Crippen LogP contribution is -1.96. The predicted molar refractivity (Wildman–Crippen MR) is 50.1 cm³/mol. The van der Waals surface area contributed by atoms with Gasteiger partial charge in [-0.05, 0) is 24.7 Å². The van der Waals surface area contributed by atoms with Gasteiger partial charge in [-0.3, -0.25) is 0 Å². The second-order valence-corrected chi connectivity index (χ2v) is 4.50. The van der Waals surface area contributed by atoms with Crippen LogP contribution >= 0.6 is 0 Å². The lowest BCUT2D eigenvalue weighted by atomic mass is 10.00. The van der Waals surface area contributed by atoms with Crippen molar-refractivity contribution in [2.45, 2.75) is 51.0 Å². The van der Waals surface area contributed by atoms with Crippen LogP contribution in [0.1, 0.15) is 44.9 Å². The molecule has 0 aliphatic heterocycles. The van der Waals surface area contributed by atoms with E-state index in [9.17, 15) is 0 Å². The fourth-order valence-corrected chi connectivity index (χ4v) is 2.56. The molecule has 1 heteroatoms. The Morgan fingerprint density at radius 3 is 2.50 bits per heavy atom. The number of methoxy groups -OCH3 is 1. The quantitative estimate of drug-likeness (QED) is 0.627. The minimum atomic E-state index is 0.631. The number of ether oxygens (including phenoxy) is 1. The maximum Gasteiger partial charge on any atom is 0.0604 e. The predicted octanol–water partition coefficient (Wildman–Crippen LogP) is 2.99. The van der Waals surface area contributed by atoms with Gasteiger partial charge in [0.05, 0.1) is 6.10 Å². The summed E-state index contributed by atoms with van der Waals surface area (Å²) in [6, 6.07) is 0. The van der Waals surface area contributed by atoms with Crippen molar-refractivity contribution < 1.29 is 4.74 Å². The lowest BCUT2D eigenvalue weighted by molar-refractivity contribution is 0.166. The SMILES string of the molecule is COC1CC1CCC1CCCC1. The van der Waals surface area contributed by atoms with Gasteiger partial charge in [0, 0.05) is 7.11 Å². The highest BCUT2D eigenvalue weighted by Gasteiger charge is 2.37. The molecule has 0 aromatic carbocycles. The molecule has 2 aliphatic rings. The van der Waals surface area contributed by atoms with Gasteiger partial charge in [-0.2, -0.15) is 0 Å². The molecule has 2 saturated carbocycles. The average Bonchev–Trinajstić information content (AvgIpc) is 2.67. The Hall–Kier alpha value is -0.0400. The molecule has 0 aromatic rings. The fourth-order valence-electron chi connectivity index (χ4n) is 2.56. The van der Waals surface area contributed by atoms with Crippen LogP contribution in [0.4, 0.5) is 0 Å². The zero-order valence-electron chi connectivity index (χ0n) is 8.09. The van der Waals surface area contributed by atoms with Crippen LogP contribution in [0.5, 0.6) is 0 Å².